The first kappa shape index (κ1) is 12.2. The zero-order valence-electron chi connectivity index (χ0n) is 10.0. The highest BCUT2D eigenvalue weighted by Gasteiger charge is 2.05. The van der Waals surface area contributed by atoms with Crippen molar-refractivity contribution in [2.45, 2.75) is 12.8 Å². The van der Waals surface area contributed by atoms with Crippen molar-refractivity contribution in [1.82, 2.24) is 15.0 Å². The van der Waals surface area contributed by atoms with Gasteiger partial charge in [0, 0.05) is 30.6 Å². The van der Waals surface area contributed by atoms with Crippen molar-refractivity contribution in [2.75, 3.05) is 7.11 Å². The molecule has 0 saturated carbocycles. The maximum absolute atomic E-state index is 11.1. The van der Waals surface area contributed by atoms with Crippen LogP contribution in [-0.4, -0.2) is 28.0 Å². The lowest BCUT2D eigenvalue weighted by Crippen LogP contribution is -2.04. The fraction of sp³-hybridized carbons (Fsp3) is 0.231. The van der Waals surface area contributed by atoms with Crippen LogP contribution in [0.25, 0.3) is 11.3 Å². The molecular weight excluding hydrogens is 230 g/mol. The number of aromatic nitrogens is 3. The highest BCUT2D eigenvalue weighted by Crippen LogP contribution is 2.15. The minimum atomic E-state index is -0.257. The number of methoxy groups -OCH3 is 1. The van der Waals surface area contributed by atoms with Gasteiger partial charge in [0.15, 0.2) is 0 Å². The van der Waals surface area contributed by atoms with E-state index in [0.29, 0.717) is 12.2 Å². The molecule has 0 N–H and O–H groups in total. The lowest BCUT2D eigenvalue weighted by Gasteiger charge is -2.03. The second-order valence-corrected chi connectivity index (χ2v) is 3.67. The number of pyridine rings is 1. The first-order valence-corrected chi connectivity index (χ1v) is 5.59. The molecule has 5 nitrogen and oxygen atoms in total. The van der Waals surface area contributed by atoms with E-state index in [1.807, 2.05) is 18.2 Å². The van der Waals surface area contributed by atoms with Crippen LogP contribution in [0.15, 0.2) is 36.8 Å². The number of rotatable bonds is 4. The third-order valence-corrected chi connectivity index (χ3v) is 2.46. The Balaban J connectivity index is 2.13. The molecular formula is C13H13N3O2. The number of aryl methyl sites for hydroxylation is 1. The standard InChI is InChI=1S/C13H13N3O2/c1-18-13(17)3-2-12-15-9-6-11(16-12)10-4-7-14-8-5-10/h4-9H,2-3H2,1H3. The number of ether oxygens (including phenoxy) is 1. The van der Waals surface area contributed by atoms with Gasteiger partial charge in [0.2, 0.25) is 0 Å². The maximum Gasteiger partial charge on any atom is 0.305 e. The van der Waals surface area contributed by atoms with Crippen molar-refractivity contribution in [3.8, 4) is 11.3 Å². The average Bonchev–Trinajstić information content (AvgIpc) is 2.46. The van der Waals surface area contributed by atoms with Gasteiger partial charge in [-0.05, 0) is 18.2 Å². The van der Waals surface area contributed by atoms with Gasteiger partial charge in [0.1, 0.15) is 5.82 Å². The van der Waals surface area contributed by atoms with E-state index in [4.69, 9.17) is 0 Å². The second kappa shape index (κ2) is 5.86. The second-order valence-electron chi connectivity index (χ2n) is 3.67. The molecule has 2 rings (SSSR count). The Morgan fingerprint density at radius 2 is 2.00 bits per heavy atom. The Hall–Kier alpha value is -2.30. The molecule has 0 saturated heterocycles. The van der Waals surface area contributed by atoms with Crippen molar-refractivity contribution in [3.63, 3.8) is 0 Å². The summed E-state index contributed by atoms with van der Waals surface area (Å²) in [4.78, 5) is 23.6. The van der Waals surface area contributed by atoms with E-state index in [-0.39, 0.29) is 12.4 Å². The van der Waals surface area contributed by atoms with Crippen LogP contribution in [0.2, 0.25) is 0 Å². The molecule has 5 heteroatoms. The number of esters is 1. The number of carbonyl (C=O) groups excluding carboxylic acids is 1. The molecule has 0 amide bonds. The van der Waals surface area contributed by atoms with Crippen molar-refractivity contribution < 1.29 is 9.53 Å². The SMILES string of the molecule is COC(=O)CCc1nccc(-c2ccncc2)n1. The molecule has 2 heterocycles. The lowest BCUT2D eigenvalue weighted by atomic mass is 10.2. The third-order valence-electron chi connectivity index (χ3n) is 2.46. The molecule has 0 radical (unpaired) electrons. The number of hydrogen-bond acceptors (Lipinski definition) is 5. The van der Waals surface area contributed by atoms with Gasteiger partial charge in [-0.15, -0.1) is 0 Å². The first-order valence-electron chi connectivity index (χ1n) is 5.59. The predicted molar refractivity (Wildman–Crippen MR) is 65.6 cm³/mol. The van der Waals surface area contributed by atoms with Crippen LogP contribution in [-0.2, 0) is 16.0 Å². The van der Waals surface area contributed by atoms with Crippen LogP contribution in [0.1, 0.15) is 12.2 Å². The third kappa shape index (κ3) is 3.10. The van der Waals surface area contributed by atoms with E-state index in [9.17, 15) is 4.79 Å². The van der Waals surface area contributed by atoms with E-state index < -0.39 is 0 Å². The predicted octanol–water partition coefficient (Wildman–Crippen LogP) is 1.64. The van der Waals surface area contributed by atoms with Crippen molar-refractivity contribution in [2.24, 2.45) is 0 Å². The fourth-order valence-electron chi connectivity index (χ4n) is 1.52. The average molecular weight is 243 g/mol. The highest BCUT2D eigenvalue weighted by molar-refractivity contribution is 5.69. The summed E-state index contributed by atoms with van der Waals surface area (Å²) in [7, 11) is 1.37. The van der Waals surface area contributed by atoms with Crippen molar-refractivity contribution in [3.05, 3.63) is 42.6 Å². The van der Waals surface area contributed by atoms with E-state index in [0.717, 1.165) is 11.3 Å². The van der Waals surface area contributed by atoms with Crippen LogP contribution < -0.4 is 0 Å². The molecule has 0 aromatic carbocycles. The Morgan fingerprint density at radius 3 is 2.72 bits per heavy atom. The van der Waals surface area contributed by atoms with Crippen molar-refractivity contribution >= 4 is 5.97 Å². The van der Waals surface area contributed by atoms with Crippen LogP contribution in [0, 0.1) is 0 Å². The van der Waals surface area contributed by atoms with Crippen LogP contribution in [0.4, 0.5) is 0 Å². The summed E-state index contributed by atoms with van der Waals surface area (Å²) in [6.45, 7) is 0. The Kier molecular flexibility index (Phi) is 3.96. The summed E-state index contributed by atoms with van der Waals surface area (Å²) in [5, 5.41) is 0. The van der Waals surface area contributed by atoms with Gasteiger partial charge in [0.05, 0.1) is 19.2 Å². The summed E-state index contributed by atoms with van der Waals surface area (Å²) in [6.07, 6.45) is 5.88. The maximum atomic E-state index is 11.1. The summed E-state index contributed by atoms with van der Waals surface area (Å²) in [6, 6.07) is 5.59. The first-order chi connectivity index (χ1) is 8.79. The summed E-state index contributed by atoms with van der Waals surface area (Å²) in [5.74, 6) is 0.377. The van der Waals surface area contributed by atoms with Gasteiger partial charge in [-0.2, -0.15) is 0 Å². The lowest BCUT2D eigenvalue weighted by molar-refractivity contribution is -0.140. The van der Waals surface area contributed by atoms with Gasteiger partial charge < -0.3 is 4.74 Å². The van der Waals surface area contributed by atoms with Gasteiger partial charge in [-0.1, -0.05) is 0 Å². The van der Waals surface area contributed by atoms with Gasteiger partial charge in [-0.25, -0.2) is 9.97 Å². The zero-order chi connectivity index (χ0) is 12.8. The molecule has 0 aliphatic heterocycles. The number of carbonyl (C=O) groups is 1. The molecule has 2 aromatic rings. The quantitative estimate of drug-likeness (QED) is 0.764. The Bertz CT molecular complexity index is 529. The zero-order valence-corrected chi connectivity index (χ0v) is 10.0. The molecule has 0 spiro atoms. The Morgan fingerprint density at radius 1 is 1.22 bits per heavy atom. The largest absolute Gasteiger partial charge is 0.469 e. The van der Waals surface area contributed by atoms with Crippen LogP contribution in [0.3, 0.4) is 0 Å². The van der Waals surface area contributed by atoms with Gasteiger partial charge in [-0.3, -0.25) is 9.78 Å². The molecule has 0 unspecified atom stereocenters. The van der Waals surface area contributed by atoms with E-state index >= 15 is 0 Å². The Labute approximate surface area is 105 Å². The molecule has 2 aromatic heterocycles. The molecule has 0 aliphatic rings. The minimum Gasteiger partial charge on any atom is -0.469 e. The summed E-state index contributed by atoms with van der Waals surface area (Å²) >= 11 is 0. The minimum absolute atomic E-state index is 0.257. The topological polar surface area (TPSA) is 65.0 Å². The molecule has 92 valence electrons. The highest BCUT2D eigenvalue weighted by atomic mass is 16.5. The van der Waals surface area contributed by atoms with Gasteiger partial charge >= 0.3 is 5.97 Å². The van der Waals surface area contributed by atoms with E-state index in [1.54, 1.807) is 18.6 Å². The monoisotopic (exact) mass is 243 g/mol. The summed E-state index contributed by atoms with van der Waals surface area (Å²) < 4.78 is 4.58. The fourth-order valence-corrected chi connectivity index (χ4v) is 1.52. The van der Waals surface area contributed by atoms with E-state index in [1.165, 1.54) is 7.11 Å². The smallest absolute Gasteiger partial charge is 0.305 e. The van der Waals surface area contributed by atoms with Crippen LogP contribution in [0.5, 0.6) is 0 Å². The number of nitrogens with zero attached hydrogens (tertiary/aromatic N) is 3. The van der Waals surface area contributed by atoms with E-state index in [2.05, 4.69) is 19.7 Å². The summed E-state index contributed by atoms with van der Waals surface area (Å²) in [5.41, 5.74) is 1.80. The van der Waals surface area contributed by atoms with Gasteiger partial charge in [0.25, 0.3) is 0 Å². The number of hydrogen-bond donors (Lipinski definition) is 0. The molecule has 0 fully saturated rings. The molecule has 0 bridgehead atoms. The van der Waals surface area contributed by atoms with Crippen molar-refractivity contribution in [1.29, 1.82) is 0 Å². The normalized spacial score (nSPS) is 10.1. The molecule has 18 heavy (non-hydrogen) atoms. The molecule has 0 atom stereocenters. The molecule has 0 aliphatic carbocycles. The van der Waals surface area contributed by atoms with Crippen LogP contribution >= 0.6 is 0 Å².